The Morgan fingerprint density at radius 2 is 2.29 bits per heavy atom. The van der Waals surface area contributed by atoms with Gasteiger partial charge in [-0.1, -0.05) is 0 Å². The Morgan fingerprint density at radius 1 is 1.50 bits per heavy atom. The minimum atomic E-state index is -2.25. The lowest BCUT2D eigenvalue weighted by molar-refractivity contribution is 0.127. The van der Waals surface area contributed by atoms with Crippen molar-refractivity contribution in [2.45, 2.75) is 25.3 Å². The van der Waals surface area contributed by atoms with E-state index in [1.807, 2.05) is 0 Å². The zero-order chi connectivity index (χ0) is 10.4. The van der Waals surface area contributed by atoms with Crippen molar-refractivity contribution in [2.24, 2.45) is 5.73 Å². The fraction of sp³-hybridized carbons (Fsp3) is 1.00. The number of likely N-dealkylation sites (tertiary alicyclic amines) is 1. The molecule has 0 aromatic heterocycles. The maximum absolute atomic E-state index is 11.9. The SMILES string of the molecule is NCCN1CCCC(NCC(F)F)C1. The molecule has 1 atom stereocenters. The summed E-state index contributed by atoms with van der Waals surface area (Å²) in [5.41, 5.74) is 5.44. The summed E-state index contributed by atoms with van der Waals surface area (Å²) in [6.07, 6.45) is -0.186. The van der Waals surface area contributed by atoms with Gasteiger partial charge in [0.05, 0.1) is 6.54 Å². The number of piperidine rings is 1. The highest BCUT2D eigenvalue weighted by Crippen LogP contribution is 2.09. The Balaban J connectivity index is 2.18. The Morgan fingerprint density at radius 3 is 2.93 bits per heavy atom. The molecule has 14 heavy (non-hydrogen) atoms. The summed E-state index contributed by atoms with van der Waals surface area (Å²) in [4.78, 5) is 2.23. The van der Waals surface area contributed by atoms with Crippen molar-refractivity contribution in [1.29, 1.82) is 0 Å². The highest BCUT2D eigenvalue weighted by atomic mass is 19.3. The molecule has 1 aliphatic rings. The van der Waals surface area contributed by atoms with Crippen LogP contribution in [0.1, 0.15) is 12.8 Å². The van der Waals surface area contributed by atoms with Gasteiger partial charge in [0.15, 0.2) is 0 Å². The summed E-state index contributed by atoms with van der Waals surface area (Å²) >= 11 is 0. The number of nitrogens with zero attached hydrogens (tertiary/aromatic N) is 1. The Hall–Kier alpha value is -0.260. The van der Waals surface area contributed by atoms with Crippen LogP contribution in [0.15, 0.2) is 0 Å². The lowest BCUT2D eigenvalue weighted by Crippen LogP contribution is -2.48. The number of hydrogen-bond donors (Lipinski definition) is 2. The lowest BCUT2D eigenvalue weighted by Gasteiger charge is -2.32. The first-order valence-electron chi connectivity index (χ1n) is 5.16. The van der Waals surface area contributed by atoms with E-state index < -0.39 is 6.43 Å². The molecule has 0 aromatic carbocycles. The van der Waals surface area contributed by atoms with E-state index in [0.29, 0.717) is 6.54 Å². The first kappa shape index (κ1) is 11.8. The highest BCUT2D eigenvalue weighted by molar-refractivity contribution is 4.78. The van der Waals surface area contributed by atoms with E-state index in [2.05, 4.69) is 10.2 Å². The van der Waals surface area contributed by atoms with Crippen LogP contribution in [0.25, 0.3) is 0 Å². The maximum atomic E-state index is 11.9. The van der Waals surface area contributed by atoms with Crippen LogP contribution in [0.5, 0.6) is 0 Å². The van der Waals surface area contributed by atoms with Crippen molar-refractivity contribution >= 4 is 0 Å². The van der Waals surface area contributed by atoms with Crippen LogP contribution in [0, 0.1) is 0 Å². The molecule has 1 heterocycles. The van der Waals surface area contributed by atoms with E-state index in [0.717, 1.165) is 32.5 Å². The molecule has 0 aromatic rings. The van der Waals surface area contributed by atoms with Crippen LogP contribution in [-0.4, -0.2) is 50.1 Å². The third-order valence-electron chi connectivity index (χ3n) is 2.51. The van der Waals surface area contributed by atoms with Crippen molar-refractivity contribution < 1.29 is 8.78 Å². The van der Waals surface area contributed by atoms with Crippen LogP contribution in [0.2, 0.25) is 0 Å². The van der Waals surface area contributed by atoms with Gasteiger partial charge in [0.25, 0.3) is 6.43 Å². The van der Waals surface area contributed by atoms with Crippen molar-refractivity contribution in [1.82, 2.24) is 10.2 Å². The molecule has 0 saturated carbocycles. The summed E-state index contributed by atoms with van der Waals surface area (Å²) in [5.74, 6) is 0. The predicted molar refractivity (Wildman–Crippen MR) is 52.5 cm³/mol. The third-order valence-corrected chi connectivity index (χ3v) is 2.51. The third kappa shape index (κ3) is 4.30. The van der Waals surface area contributed by atoms with Gasteiger partial charge in [0.1, 0.15) is 0 Å². The van der Waals surface area contributed by atoms with Gasteiger partial charge in [-0.15, -0.1) is 0 Å². The monoisotopic (exact) mass is 207 g/mol. The van der Waals surface area contributed by atoms with Gasteiger partial charge in [0, 0.05) is 25.7 Å². The second-order valence-electron chi connectivity index (χ2n) is 3.73. The highest BCUT2D eigenvalue weighted by Gasteiger charge is 2.19. The number of halogens is 2. The van der Waals surface area contributed by atoms with Gasteiger partial charge in [-0.3, -0.25) is 0 Å². The summed E-state index contributed by atoms with van der Waals surface area (Å²) in [6, 6.07) is 0.212. The molecule has 0 aliphatic carbocycles. The minimum absolute atomic E-state index is 0.193. The lowest BCUT2D eigenvalue weighted by atomic mass is 10.1. The number of alkyl halides is 2. The van der Waals surface area contributed by atoms with E-state index in [1.54, 1.807) is 0 Å². The maximum Gasteiger partial charge on any atom is 0.250 e. The van der Waals surface area contributed by atoms with Gasteiger partial charge in [-0.05, 0) is 19.4 Å². The van der Waals surface area contributed by atoms with E-state index >= 15 is 0 Å². The molecule has 3 nitrogen and oxygen atoms in total. The van der Waals surface area contributed by atoms with E-state index in [-0.39, 0.29) is 12.6 Å². The first-order valence-corrected chi connectivity index (χ1v) is 5.16. The van der Waals surface area contributed by atoms with E-state index in [1.165, 1.54) is 0 Å². The average Bonchev–Trinajstić information content (AvgIpc) is 2.16. The van der Waals surface area contributed by atoms with Crippen LogP contribution in [0.3, 0.4) is 0 Å². The molecular formula is C9H19F2N3. The Bertz CT molecular complexity index is 153. The second-order valence-corrected chi connectivity index (χ2v) is 3.73. The number of nitrogens with two attached hydrogens (primary N) is 1. The molecule has 84 valence electrons. The fourth-order valence-electron chi connectivity index (χ4n) is 1.86. The number of nitrogens with one attached hydrogen (secondary N) is 1. The zero-order valence-electron chi connectivity index (χ0n) is 8.38. The van der Waals surface area contributed by atoms with Gasteiger partial charge in [-0.25, -0.2) is 8.78 Å². The van der Waals surface area contributed by atoms with Crippen LogP contribution < -0.4 is 11.1 Å². The van der Waals surface area contributed by atoms with Crippen molar-refractivity contribution in [2.75, 3.05) is 32.7 Å². The van der Waals surface area contributed by atoms with Crippen molar-refractivity contribution in [3.8, 4) is 0 Å². The van der Waals surface area contributed by atoms with Gasteiger partial charge < -0.3 is 16.0 Å². The molecule has 0 bridgehead atoms. The van der Waals surface area contributed by atoms with Crippen LogP contribution in [0.4, 0.5) is 8.78 Å². The minimum Gasteiger partial charge on any atom is -0.329 e. The van der Waals surface area contributed by atoms with Crippen LogP contribution >= 0.6 is 0 Å². The standard InChI is InChI=1S/C9H19F2N3/c10-9(11)6-13-8-2-1-4-14(7-8)5-3-12/h8-9,13H,1-7,12H2. The Labute approximate surface area is 83.6 Å². The molecule has 1 rings (SSSR count). The van der Waals surface area contributed by atoms with E-state index in [9.17, 15) is 8.78 Å². The number of rotatable bonds is 5. The molecule has 0 radical (unpaired) electrons. The summed E-state index contributed by atoms with van der Waals surface area (Å²) in [7, 11) is 0. The zero-order valence-corrected chi connectivity index (χ0v) is 8.38. The van der Waals surface area contributed by atoms with Gasteiger partial charge in [-0.2, -0.15) is 0 Å². The Kier molecular flexibility index (Phi) is 5.29. The largest absolute Gasteiger partial charge is 0.329 e. The fourth-order valence-corrected chi connectivity index (χ4v) is 1.86. The van der Waals surface area contributed by atoms with E-state index in [4.69, 9.17) is 5.73 Å². The molecule has 5 heteroatoms. The van der Waals surface area contributed by atoms with Gasteiger partial charge in [0.2, 0.25) is 0 Å². The van der Waals surface area contributed by atoms with Crippen molar-refractivity contribution in [3.63, 3.8) is 0 Å². The predicted octanol–water partition coefficient (Wildman–Crippen LogP) is 0.264. The molecule has 1 unspecified atom stereocenters. The normalized spacial score (nSPS) is 24.4. The summed E-state index contributed by atoms with van der Waals surface area (Å²) < 4.78 is 23.9. The molecular weight excluding hydrogens is 188 g/mol. The smallest absolute Gasteiger partial charge is 0.250 e. The molecule has 1 fully saturated rings. The molecule has 3 N–H and O–H groups in total. The molecule has 1 saturated heterocycles. The first-order chi connectivity index (χ1) is 6.72. The topological polar surface area (TPSA) is 41.3 Å². The number of hydrogen-bond acceptors (Lipinski definition) is 3. The summed E-state index contributed by atoms with van der Waals surface area (Å²) in [5, 5.41) is 2.88. The molecule has 0 amide bonds. The van der Waals surface area contributed by atoms with Crippen LogP contribution in [-0.2, 0) is 0 Å². The molecule has 0 spiro atoms. The van der Waals surface area contributed by atoms with Crippen molar-refractivity contribution in [3.05, 3.63) is 0 Å². The second kappa shape index (κ2) is 6.27. The van der Waals surface area contributed by atoms with Gasteiger partial charge >= 0.3 is 0 Å². The summed E-state index contributed by atoms with van der Waals surface area (Å²) in [6.45, 7) is 3.21. The quantitative estimate of drug-likeness (QED) is 0.679. The molecule has 1 aliphatic heterocycles. The average molecular weight is 207 g/mol.